The van der Waals surface area contributed by atoms with Gasteiger partial charge in [0.15, 0.2) is 0 Å². The van der Waals surface area contributed by atoms with Crippen LogP contribution in [0, 0.1) is 5.41 Å². The summed E-state index contributed by atoms with van der Waals surface area (Å²) in [7, 11) is 0. The summed E-state index contributed by atoms with van der Waals surface area (Å²) in [4.78, 5) is 0. The molecule has 2 aliphatic rings. The van der Waals surface area contributed by atoms with Crippen molar-refractivity contribution >= 4 is 22.6 Å². The van der Waals surface area contributed by atoms with Gasteiger partial charge in [-0.15, -0.1) is 0 Å². The molecular formula is C6H10INO. The van der Waals surface area contributed by atoms with Crippen LogP contribution in [-0.2, 0) is 4.74 Å². The molecule has 0 amide bonds. The number of hydrogen-bond acceptors (Lipinski definition) is 2. The Morgan fingerprint density at radius 3 is 2.56 bits per heavy atom. The number of ether oxygens (including phenoxy) is 1. The Morgan fingerprint density at radius 2 is 2.33 bits per heavy atom. The Balaban J connectivity index is 2.09. The zero-order chi connectivity index (χ0) is 6.32. The average Bonchev–Trinajstić information content (AvgIpc) is 2.07. The molecule has 1 atom stereocenters. The highest BCUT2D eigenvalue weighted by Crippen LogP contribution is 2.37. The molecule has 2 saturated heterocycles. The summed E-state index contributed by atoms with van der Waals surface area (Å²) in [6.07, 6.45) is 0. The number of hydrogen-bond donors (Lipinski definition) is 1. The quantitative estimate of drug-likeness (QED) is 0.488. The molecule has 0 aromatic heterocycles. The van der Waals surface area contributed by atoms with E-state index in [-0.39, 0.29) is 0 Å². The topological polar surface area (TPSA) is 21.3 Å². The molecule has 3 heteroatoms. The second kappa shape index (κ2) is 2.07. The summed E-state index contributed by atoms with van der Waals surface area (Å²) in [5, 5.41) is 3.29. The number of rotatable bonds is 0. The van der Waals surface area contributed by atoms with Crippen molar-refractivity contribution < 1.29 is 4.74 Å². The fourth-order valence-corrected chi connectivity index (χ4v) is 2.28. The minimum Gasteiger partial charge on any atom is -0.380 e. The zero-order valence-corrected chi connectivity index (χ0v) is 7.35. The van der Waals surface area contributed by atoms with Gasteiger partial charge >= 0.3 is 0 Å². The maximum atomic E-state index is 5.37. The van der Waals surface area contributed by atoms with Gasteiger partial charge < -0.3 is 10.1 Å². The Labute approximate surface area is 68.5 Å². The lowest BCUT2D eigenvalue weighted by Crippen LogP contribution is -2.58. The third-order valence-corrected chi connectivity index (χ3v) is 3.95. The minimum atomic E-state index is 0.528. The van der Waals surface area contributed by atoms with Crippen molar-refractivity contribution in [3.63, 3.8) is 0 Å². The Kier molecular flexibility index (Phi) is 1.46. The summed E-state index contributed by atoms with van der Waals surface area (Å²) in [5.41, 5.74) is 0.528. The molecule has 9 heavy (non-hydrogen) atoms. The van der Waals surface area contributed by atoms with E-state index in [1.807, 2.05) is 0 Å². The Bertz CT molecular complexity index is 124. The van der Waals surface area contributed by atoms with Crippen molar-refractivity contribution in [3.05, 3.63) is 0 Å². The van der Waals surface area contributed by atoms with Gasteiger partial charge in [-0.05, 0) is 0 Å². The van der Waals surface area contributed by atoms with Crippen molar-refractivity contribution in [3.8, 4) is 0 Å². The van der Waals surface area contributed by atoms with Gasteiger partial charge in [0.1, 0.15) is 0 Å². The average molecular weight is 239 g/mol. The van der Waals surface area contributed by atoms with E-state index >= 15 is 0 Å². The van der Waals surface area contributed by atoms with E-state index in [0.29, 0.717) is 5.41 Å². The van der Waals surface area contributed by atoms with E-state index in [1.165, 1.54) is 13.1 Å². The first kappa shape index (κ1) is 6.37. The van der Waals surface area contributed by atoms with E-state index in [1.54, 1.807) is 0 Å². The molecule has 0 aromatic carbocycles. The van der Waals surface area contributed by atoms with Crippen molar-refractivity contribution in [1.82, 2.24) is 5.32 Å². The van der Waals surface area contributed by atoms with Crippen LogP contribution in [-0.4, -0.2) is 30.2 Å². The fourth-order valence-electron chi connectivity index (χ4n) is 1.40. The molecule has 1 unspecified atom stereocenters. The van der Waals surface area contributed by atoms with Gasteiger partial charge in [-0.3, -0.25) is 0 Å². The van der Waals surface area contributed by atoms with Crippen LogP contribution >= 0.6 is 22.6 Å². The maximum Gasteiger partial charge on any atom is 0.0591 e. The summed E-state index contributed by atoms with van der Waals surface area (Å²) in [5.74, 6) is 0. The smallest absolute Gasteiger partial charge is 0.0591 e. The number of alkyl halides is 1. The van der Waals surface area contributed by atoms with E-state index in [4.69, 9.17) is 4.74 Å². The normalized spacial score (nSPS) is 39.0. The fraction of sp³-hybridized carbons (Fsp3) is 1.00. The molecule has 1 spiro atoms. The van der Waals surface area contributed by atoms with Crippen LogP contribution in [0.15, 0.2) is 0 Å². The molecule has 2 fully saturated rings. The molecule has 2 heterocycles. The Hall–Kier alpha value is 0.650. The van der Waals surface area contributed by atoms with Crippen molar-refractivity contribution in [2.24, 2.45) is 5.41 Å². The molecule has 52 valence electrons. The summed E-state index contributed by atoms with van der Waals surface area (Å²) in [6, 6.07) is 0. The first-order chi connectivity index (χ1) is 4.33. The number of nitrogens with one attached hydrogen (secondary N) is 1. The molecule has 0 bridgehead atoms. The van der Waals surface area contributed by atoms with Gasteiger partial charge in [0.25, 0.3) is 0 Å². The highest BCUT2D eigenvalue weighted by Gasteiger charge is 2.47. The molecule has 2 nitrogen and oxygen atoms in total. The molecule has 1 N–H and O–H groups in total. The van der Waals surface area contributed by atoms with E-state index in [0.717, 1.165) is 17.1 Å². The van der Waals surface area contributed by atoms with Crippen LogP contribution in [0.2, 0.25) is 0 Å². The maximum absolute atomic E-state index is 5.37. The summed E-state index contributed by atoms with van der Waals surface area (Å²) < 4.78 is 6.11. The second-order valence-electron chi connectivity index (χ2n) is 2.95. The summed E-state index contributed by atoms with van der Waals surface area (Å²) in [6.45, 7) is 4.27. The third-order valence-electron chi connectivity index (χ3n) is 2.27. The lowest BCUT2D eigenvalue weighted by Gasteiger charge is -2.40. The lowest BCUT2D eigenvalue weighted by atomic mass is 9.81. The summed E-state index contributed by atoms with van der Waals surface area (Å²) >= 11 is 2.50. The molecule has 2 rings (SSSR count). The van der Waals surface area contributed by atoms with Crippen molar-refractivity contribution in [2.45, 2.75) is 3.92 Å². The predicted octanol–water partition coefficient (Wildman–Crippen LogP) is 0.410. The third kappa shape index (κ3) is 0.816. The van der Waals surface area contributed by atoms with Crippen LogP contribution in [0.25, 0.3) is 0 Å². The van der Waals surface area contributed by atoms with E-state index < -0.39 is 0 Å². The molecule has 2 aliphatic heterocycles. The predicted molar refractivity (Wildman–Crippen MR) is 43.9 cm³/mol. The first-order valence-electron chi connectivity index (χ1n) is 3.26. The molecular weight excluding hydrogens is 229 g/mol. The van der Waals surface area contributed by atoms with Gasteiger partial charge in [-0.25, -0.2) is 0 Å². The molecule has 0 saturated carbocycles. The zero-order valence-electron chi connectivity index (χ0n) is 5.19. The minimum absolute atomic E-state index is 0.528. The van der Waals surface area contributed by atoms with Gasteiger partial charge in [0.05, 0.1) is 13.2 Å². The van der Waals surface area contributed by atoms with Crippen LogP contribution in [0.1, 0.15) is 0 Å². The highest BCUT2D eigenvalue weighted by atomic mass is 127. The SMILES string of the molecule is IC1COCC12CNC2. The largest absolute Gasteiger partial charge is 0.380 e. The van der Waals surface area contributed by atoms with Gasteiger partial charge in [-0.1, -0.05) is 22.6 Å². The second-order valence-corrected chi connectivity index (χ2v) is 4.45. The monoisotopic (exact) mass is 239 g/mol. The van der Waals surface area contributed by atoms with E-state index in [2.05, 4.69) is 27.9 Å². The van der Waals surface area contributed by atoms with Crippen LogP contribution in [0.5, 0.6) is 0 Å². The molecule has 0 aromatic rings. The molecule has 0 radical (unpaired) electrons. The molecule has 0 aliphatic carbocycles. The Morgan fingerprint density at radius 1 is 1.56 bits per heavy atom. The van der Waals surface area contributed by atoms with Crippen LogP contribution in [0.4, 0.5) is 0 Å². The van der Waals surface area contributed by atoms with Gasteiger partial charge in [-0.2, -0.15) is 0 Å². The first-order valence-corrected chi connectivity index (χ1v) is 4.51. The van der Waals surface area contributed by atoms with E-state index in [9.17, 15) is 0 Å². The lowest BCUT2D eigenvalue weighted by molar-refractivity contribution is 0.114. The highest BCUT2D eigenvalue weighted by molar-refractivity contribution is 14.1. The van der Waals surface area contributed by atoms with Crippen LogP contribution in [0.3, 0.4) is 0 Å². The van der Waals surface area contributed by atoms with Crippen molar-refractivity contribution in [1.29, 1.82) is 0 Å². The van der Waals surface area contributed by atoms with Crippen molar-refractivity contribution in [2.75, 3.05) is 26.3 Å². The van der Waals surface area contributed by atoms with Gasteiger partial charge in [0.2, 0.25) is 0 Å². The standard InChI is InChI=1S/C6H10INO/c7-5-1-9-4-6(5)2-8-3-6/h5,8H,1-4H2. The van der Waals surface area contributed by atoms with Gasteiger partial charge in [0, 0.05) is 22.4 Å². The van der Waals surface area contributed by atoms with Crippen LogP contribution < -0.4 is 5.32 Å². The number of halogens is 1.